The van der Waals surface area contributed by atoms with Gasteiger partial charge in [-0.2, -0.15) is 5.10 Å². The van der Waals surface area contributed by atoms with E-state index < -0.39 is 0 Å². The van der Waals surface area contributed by atoms with Gasteiger partial charge in [-0.05, 0) is 73.2 Å². The number of hydrogen-bond donors (Lipinski definition) is 1. The fourth-order valence-electron chi connectivity index (χ4n) is 7.14. The number of aliphatic hydroxyl groups excluding tert-OH is 1. The molecule has 0 radical (unpaired) electrons. The van der Waals surface area contributed by atoms with Crippen molar-refractivity contribution < 1.29 is 5.11 Å². The SMILES string of the molecule is Cn1nccc1C(O)CC12CC3CC(C)(CC(C)(C3)C1)C2. The zero-order valence-electron chi connectivity index (χ0n) is 13.6. The molecule has 1 N–H and O–H groups in total. The molecule has 0 saturated heterocycles. The van der Waals surface area contributed by atoms with Crippen LogP contribution in [0.4, 0.5) is 0 Å². The molecular weight excluding hydrogens is 260 g/mol. The molecular formula is C18H28N2O. The molecule has 3 heteroatoms. The molecule has 1 aromatic rings. The summed E-state index contributed by atoms with van der Waals surface area (Å²) < 4.78 is 1.83. The molecule has 3 nitrogen and oxygen atoms in total. The first-order valence-corrected chi connectivity index (χ1v) is 8.47. The Morgan fingerprint density at radius 3 is 2.43 bits per heavy atom. The third-order valence-corrected chi connectivity index (χ3v) is 6.57. The lowest BCUT2D eigenvalue weighted by atomic mass is 9.39. The van der Waals surface area contributed by atoms with Gasteiger partial charge < -0.3 is 5.11 Å². The summed E-state index contributed by atoms with van der Waals surface area (Å²) >= 11 is 0. The van der Waals surface area contributed by atoms with Crippen LogP contribution in [0.15, 0.2) is 12.3 Å². The lowest BCUT2D eigenvalue weighted by Gasteiger charge is -2.66. The first-order valence-electron chi connectivity index (χ1n) is 8.47. The third kappa shape index (κ3) is 2.16. The third-order valence-electron chi connectivity index (χ3n) is 6.57. The van der Waals surface area contributed by atoms with Gasteiger partial charge in [-0.1, -0.05) is 13.8 Å². The normalized spacial score (nSPS) is 46.0. The van der Waals surface area contributed by atoms with Crippen LogP contribution in [0.3, 0.4) is 0 Å². The van der Waals surface area contributed by atoms with E-state index in [1.807, 2.05) is 17.8 Å². The van der Waals surface area contributed by atoms with Crippen LogP contribution in [0.5, 0.6) is 0 Å². The van der Waals surface area contributed by atoms with Crippen molar-refractivity contribution in [3.05, 3.63) is 18.0 Å². The summed E-state index contributed by atoms with van der Waals surface area (Å²) in [5, 5.41) is 15.0. The lowest BCUT2D eigenvalue weighted by molar-refractivity contribution is -0.157. The molecule has 4 aliphatic carbocycles. The highest BCUT2D eigenvalue weighted by Gasteiger charge is 2.60. The number of hydrogen-bond acceptors (Lipinski definition) is 2. The maximum absolute atomic E-state index is 10.8. The number of aryl methyl sites for hydroxylation is 1. The van der Waals surface area contributed by atoms with Gasteiger partial charge in [0.1, 0.15) is 0 Å². The molecule has 5 rings (SSSR count). The predicted octanol–water partition coefficient (Wildman–Crippen LogP) is 3.84. The van der Waals surface area contributed by atoms with Crippen molar-refractivity contribution in [3.8, 4) is 0 Å². The Bertz CT molecular complexity index is 545. The minimum absolute atomic E-state index is 0.360. The van der Waals surface area contributed by atoms with Gasteiger partial charge >= 0.3 is 0 Å². The summed E-state index contributed by atoms with van der Waals surface area (Å²) in [7, 11) is 1.93. The molecule has 0 spiro atoms. The minimum atomic E-state index is -0.360. The van der Waals surface area contributed by atoms with Crippen molar-refractivity contribution in [2.24, 2.45) is 29.2 Å². The Kier molecular flexibility index (Phi) is 2.71. The van der Waals surface area contributed by atoms with Crippen LogP contribution in [0.25, 0.3) is 0 Å². The molecule has 1 aromatic heterocycles. The second kappa shape index (κ2) is 4.13. The van der Waals surface area contributed by atoms with Crippen molar-refractivity contribution in [3.63, 3.8) is 0 Å². The molecule has 21 heavy (non-hydrogen) atoms. The van der Waals surface area contributed by atoms with Crippen molar-refractivity contribution in [2.45, 2.75) is 64.9 Å². The second-order valence-corrected chi connectivity index (χ2v) is 9.23. The van der Waals surface area contributed by atoms with Gasteiger partial charge in [-0.3, -0.25) is 4.68 Å². The van der Waals surface area contributed by atoms with Crippen LogP contribution in [0, 0.1) is 22.2 Å². The first-order chi connectivity index (χ1) is 9.81. The minimum Gasteiger partial charge on any atom is -0.387 e. The summed E-state index contributed by atoms with van der Waals surface area (Å²) in [4.78, 5) is 0. The van der Waals surface area contributed by atoms with Crippen LogP contribution in [0.2, 0.25) is 0 Å². The zero-order chi connectivity index (χ0) is 14.9. The number of aromatic nitrogens is 2. The van der Waals surface area contributed by atoms with E-state index in [1.165, 1.54) is 38.5 Å². The Balaban J connectivity index is 1.61. The maximum atomic E-state index is 10.8. The van der Waals surface area contributed by atoms with Crippen molar-refractivity contribution in [1.29, 1.82) is 0 Å². The fourth-order valence-corrected chi connectivity index (χ4v) is 7.14. The monoisotopic (exact) mass is 288 g/mol. The van der Waals surface area contributed by atoms with Gasteiger partial charge in [0.25, 0.3) is 0 Å². The average Bonchev–Trinajstić information content (AvgIpc) is 2.69. The molecule has 0 aromatic carbocycles. The highest BCUT2D eigenvalue weighted by Crippen LogP contribution is 2.71. The van der Waals surface area contributed by atoms with Crippen LogP contribution >= 0.6 is 0 Å². The van der Waals surface area contributed by atoms with Crippen LogP contribution in [-0.4, -0.2) is 14.9 Å². The lowest BCUT2D eigenvalue weighted by Crippen LogP contribution is -2.55. The topological polar surface area (TPSA) is 38.0 Å². The van der Waals surface area contributed by atoms with Gasteiger partial charge in [0, 0.05) is 13.2 Å². The Morgan fingerprint density at radius 2 is 1.90 bits per heavy atom. The molecule has 4 aliphatic rings. The molecule has 4 bridgehead atoms. The molecule has 3 unspecified atom stereocenters. The summed E-state index contributed by atoms with van der Waals surface area (Å²) in [5.74, 6) is 0.898. The van der Waals surface area contributed by atoms with E-state index >= 15 is 0 Å². The quantitative estimate of drug-likeness (QED) is 0.917. The van der Waals surface area contributed by atoms with Crippen LogP contribution < -0.4 is 0 Å². The second-order valence-electron chi connectivity index (χ2n) is 9.23. The molecule has 116 valence electrons. The Morgan fingerprint density at radius 1 is 1.24 bits per heavy atom. The predicted molar refractivity (Wildman–Crippen MR) is 82.6 cm³/mol. The average molecular weight is 288 g/mol. The van der Waals surface area contributed by atoms with Gasteiger partial charge in [0.15, 0.2) is 0 Å². The number of rotatable bonds is 3. The van der Waals surface area contributed by atoms with Crippen molar-refractivity contribution in [2.75, 3.05) is 0 Å². The largest absolute Gasteiger partial charge is 0.387 e. The van der Waals surface area contributed by atoms with Crippen molar-refractivity contribution >= 4 is 0 Å². The molecule has 0 aliphatic heterocycles. The summed E-state index contributed by atoms with van der Waals surface area (Å²) in [5.41, 5.74) is 2.40. The molecule has 0 amide bonds. The summed E-state index contributed by atoms with van der Waals surface area (Å²) in [6.07, 6.45) is 10.6. The molecule has 1 heterocycles. The van der Waals surface area contributed by atoms with Crippen molar-refractivity contribution in [1.82, 2.24) is 9.78 Å². The van der Waals surface area contributed by atoms with Gasteiger partial charge in [0.05, 0.1) is 11.8 Å². The van der Waals surface area contributed by atoms with Gasteiger partial charge in [0.2, 0.25) is 0 Å². The van der Waals surface area contributed by atoms with Gasteiger partial charge in [-0.15, -0.1) is 0 Å². The zero-order valence-corrected chi connectivity index (χ0v) is 13.6. The van der Waals surface area contributed by atoms with Crippen LogP contribution in [0.1, 0.15) is 70.6 Å². The maximum Gasteiger partial charge on any atom is 0.0961 e. The molecule has 3 atom stereocenters. The van der Waals surface area contributed by atoms with Crippen LogP contribution in [-0.2, 0) is 7.05 Å². The standard InChI is InChI=1S/C18H28N2O/c1-16-6-13-7-17(2,10-16)12-18(8-13,11-16)9-15(21)14-4-5-19-20(14)3/h4-5,13,15,21H,6-12H2,1-3H3. The molecule has 4 saturated carbocycles. The summed E-state index contributed by atoms with van der Waals surface area (Å²) in [6, 6.07) is 1.97. The van der Waals surface area contributed by atoms with E-state index in [4.69, 9.17) is 0 Å². The Hall–Kier alpha value is -0.830. The highest BCUT2D eigenvalue weighted by atomic mass is 16.3. The van der Waals surface area contributed by atoms with E-state index in [-0.39, 0.29) is 6.10 Å². The first kappa shape index (κ1) is 13.8. The van der Waals surface area contributed by atoms with E-state index in [1.54, 1.807) is 6.20 Å². The van der Waals surface area contributed by atoms with E-state index in [2.05, 4.69) is 18.9 Å². The highest BCUT2D eigenvalue weighted by molar-refractivity contribution is 5.13. The number of aliphatic hydroxyl groups is 1. The fraction of sp³-hybridized carbons (Fsp3) is 0.833. The Labute approximate surface area is 127 Å². The van der Waals surface area contributed by atoms with E-state index in [9.17, 15) is 5.11 Å². The number of nitrogens with zero attached hydrogens (tertiary/aromatic N) is 2. The van der Waals surface area contributed by atoms with E-state index in [0.29, 0.717) is 16.2 Å². The van der Waals surface area contributed by atoms with Gasteiger partial charge in [-0.25, -0.2) is 0 Å². The summed E-state index contributed by atoms with van der Waals surface area (Å²) in [6.45, 7) is 5.00. The molecule has 4 fully saturated rings. The van der Waals surface area contributed by atoms with E-state index in [0.717, 1.165) is 18.0 Å². The smallest absolute Gasteiger partial charge is 0.0961 e.